The number of primary amides is 1. The van der Waals surface area contributed by atoms with E-state index in [9.17, 15) is 4.79 Å². The molecule has 0 aliphatic heterocycles. The Morgan fingerprint density at radius 3 is 2.86 bits per heavy atom. The standard InChI is InChI=1S/C14H17ClN4O2S/c1-8(22-3)14-17-13(7-12(16)20)18-19(14)10-6-9(15)4-5-11(10)21-2/h4-6,8H,7H2,1-3H3,(H2,16,20). The average molecular weight is 341 g/mol. The van der Waals surface area contributed by atoms with Crippen molar-refractivity contribution in [1.82, 2.24) is 14.8 Å². The number of amides is 1. The average Bonchev–Trinajstić information content (AvgIpc) is 2.89. The maximum atomic E-state index is 11.1. The van der Waals surface area contributed by atoms with Gasteiger partial charge >= 0.3 is 0 Å². The molecule has 2 aromatic rings. The Morgan fingerprint density at radius 2 is 2.27 bits per heavy atom. The fraction of sp³-hybridized carbons (Fsp3) is 0.357. The fourth-order valence-electron chi connectivity index (χ4n) is 1.97. The number of methoxy groups -OCH3 is 1. The molecule has 0 radical (unpaired) electrons. The van der Waals surface area contributed by atoms with Crippen LogP contribution in [-0.2, 0) is 11.2 Å². The van der Waals surface area contributed by atoms with Gasteiger partial charge in [-0.2, -0.15) is 16.9 Å². The number of thioether (sulfide) groups is 1. The highest BCUT2D eigenvalue weighted by atomic mass is 35.5. The van der Waals surface area contributed by atoms with Gasteiger partial charge in [-0.15, -0.1) is 0 Å². The highest BCUT2D eigenvalue weighted by Crippen LogP contribution is 2.31. The molecule has 0 spiro atoms. The highest BCUT2D eigenvalue weighted by molar-refractivity contribution is 7.98. The molecule has 8 heteroatoms. The van der Waals surface area contributed by atoms with Crippen LogP contribution in [-0.4, -0.2) is 34.0 Å². The topological polar surface area (TPSA) is 83.0 Å². The number of carbonyl (C=O) groups is 1. The van der Waals surface area contributed by atoms with E-state index >= 15 is 0 Å². The first-order chi connectivity index (χ1) is 10.5. The van der Waals surface area contributed by atoms with Gasteiger partial charge in [0.15, 0.2) is 5.82 Å². The normalized spacial score (nSPS) is 12.2. The molecule has 1 aromatic carbocycles. The van der Waals surface area contributed by atoms with Crippen LogP contribution in [0.5, 0.6) is 5.75 Å². The summed E-state index contributed by atoms with van der Waals surface area (Å²) in [7, 11) is 1.58. The molecular formula is C14H17ClN4O2S. The van der Waals surface area contributed by atoms with Crippen molar-refractivity contribution in [2.24, 2.45) is 5.73 Å². The van der Waals surface area contributed by atoms with Gasteiger partial charge in [0.25, 0.3) is 0 Å². The quantitative estimate of drug-likeness (QED) is 0.872. The molecule has 118 valence electrons. The number of rotatable bonds is 6. The number of benzene rings is 1. The largest absolute Gasteiger partial charge is 0.494 e. The summed E-state index contributed by atoms with van der Waals surface area (Å²) in [5.41, 5.74) is 5.91. The summed E-state index contributed by atoms with van der Waals surface area (Å²) in [6.45, 7) is 2.01. The van der Waals surface area contributed by atoms with E-state index in [1.165, 1.54) is 0 Å². The van der Waals surface area contributed by atoms with Crippen molar-refractivity contribution >= 4 is 29.3 Å². The van der Waals surface area contributed by atoms with Gasteiger partial charge in [-0.05, 0) is 31.4 Å². The van der Waals surface area contributed by atoms with Gasteiger partial charge in [0, 0.05) is 5.02 Å². The lowest BCUT2D eigenvalue weighted by Gasteiger charge is -2.13. The second-order valence-corrected chi connectivity index (χ2v) is 6.25. The first-order valence-electron chi connectivity index (χ1n) is 6.57. The van der Waals surface area contributed by atoms with E-state index in [0.717, 1.165) is 0 Å². The molecule has 0 aliphatic rings. The van der Waals surface area contributed by atoms with Crippen LogP contribution in [0.1, 0.15) is 23.8 Å². The van der Waals surface area contributed by atoms with Gasteiger partial charge in [0.2, 0.25) is 5.91 Å². The van der Waals surface area contributed by atoms with Gasteiger partial charge in [-0.1, -0.05) is 11.6 Å². The number of nitrogens with two attached hydrogens (primary N) is 1. The van der Waals surface area contributed by atoms with Crippen molar-refractivity contribution in [3.63, 3.8) is 0 Å². The summed E-state index contributed by atoms with van der Waals surface area (Å²) in [5, 5.41) is 5.03. The number of carbonyl (C=O) groups excluding carboxylic acids is 1. The Kier molecular flexibility index (Phi) is 5.31. The molecular weight excluding hydrogens is 324 g/mol. The Bertz CT molecular complexity index is 689. The molecule has 0 saturated carbocycles. The van der Waals surface area contributed by atoms with Gasteiger partial charge in [-0.3, -0.25) is 4.79 Å². The molecule has 22 heavy (non-hydrogen) atoms. The lowest BCUT2D eigenvalue weighted by molar-refractivity contribution is -0.117. The number of halogens is 1. The van der Waals surface area contributed by atoms with E-state index in [2.05, 4.69) is 10.1 Å². The molecule has 6 nitrogen and oxygen atoms in total. The smallest absolute Gasteiger partial charge is 0.225 e. The lowest BCUT2D eigenvalue weighted by Crippen LogP contribution is -2.14. The van der Waals surface area contributed by atoms with Crippen LogP contribution in [0.25, 0.3) is 5.69 Å². The van der Waals surface area contributed by atoms with Crippen LogP contribution in [0.4, 0.5) is 0 Å². The predicted octanol–water partition coefficient (Wildman–Crippen LogP) is 2.38. The maximum Gasteiger partial charge on any atom is 0.225 e. The van der Waals surface area contributed by atoms with Gasteiger partial charge in [-0.25, -0.2) is 9.67 Å². The summed E-state index contributed by atoms with van der Waals surface area (Å²) >= 11 is 7.71. The monoisotopic (exact) mass is 340 g/mol. The van der Waals surface area contributed by atoms with Crippen LogP contribution in [0.15, 0.2) is 18.2 Å². The first-order valence-corrected chi connectivity index (χ1v) is 8.23. The van der Waals surface area contributed by atoms with Crippen molar-refractivity contribution in [2.45, 2.75) is 18.6 Å². The second-order valence-electron chi connectivity index (χ2n) is 4.64. The van der Waals surface area contributed by atoms with Gasteiger partial charge in [0.1, 0.15) is 17.3 Å². The van der Waals surface area contributed by atoms with Crippen LogP contribution in [0.2, 0.25) is 5.02 Å². The summed E-state index contributed by atoms with van der Waals surface area (Å²) in [4.78, 5) is 15.6. The highest BCUT2D eigenvalue weighted by Gasteiger charge is 2.20. The van der Waals surface area contributed by atoms with Gasteiger partial charge < -0.3 is 10.5 Å². The third kappa shape index (κ3) is 3.53. The van der Waals surface area contributed by atoms with Crippen molar-refractivity contribution in [3.8, 4) is 11.4 Å². The van der Waals surface area contributed by atoms with E-state index in [-0.39, 0.29) is 11.7 Å². The van der Waals surface area contributed by atoms with Crippen LogP contribution >= 0.6 is 23.4 Å². The molecule has 1 aromatic heterocycles. The van der Waals surface area contributed by atoms with E-state index in [4.69, 9.17) is 22.1 Å². The summed E-state index contributed by atoms with van der Waals surface area (Å²) < 4.78 is 7.02. The van der Waals surface area contributed by atoms with Crippen molar-refractivity contribution < 1.29 is 9.53 Å². The Hall–Kier alpha value is -1.73. The predicted molar refractivity (Wildman–Crippen MR) is 87.7 cm³/mol. The van der Waals surface area contributed by atoms with E-state index in [1.807, 2.05) is 13.2 Å². The number of ether oxygens (including phenoxy) is 1. The minimum Gasteiger partial charge on any atom is -0.494 e. The third-order valence-electron chi connectivity index (χ3n) is 3.09. The van der Waals surface area contributed by atoms with Crippen LogP contribution < -0.4 is 10.5 Å². The van der Waals surface area contributed by atoms with Crippen molar-refractivity contribution in [3.05, 3.63) is 34.9 Å². The Balaban J connectivity index is 2.59. The van der Waals surface area contributed by atoms with E-state index in [1.54, 1.807) is 41.8 Å². The molecule has 2 rings (SSSR count). The minimum atomic E-state index is -0.474. The van der Waals surface area contributed by atoms with Crippen molar-refractivity contribution in [2.75, 3.05) is 13.4 Å². The first kappa shape index (κ1) is 16.6. The summed E-state index contributed by atoms with van der Waals surface area (Å²) in [6.07, 6.45) is 1.97. The molecule has 0 fully saturated rings. The van der Waals surface area contributed by atoms with Crippen LogP contribution in [0.3, 0.4) is 0 Å². The number of hydrogen-bond donors (Lipinski definition) is 1. The van der Waals surface area contributed by atoms with E-state index < -0.39 is 5.91 Å². The van der Waals surface area contributed by atoms with Crippen LogP contribution in [0, 0.1) is 0 Å². The number of hydrogen-bond acceptors (Lipinski definition) is 5. The van der Waals surface area contributed by atoms with Crippen molar-refractivity contribution in [1.29, 1.82) is 0 Å². The fourth-order valence-corrected chi connectivity index (χ4v) is 2.50. The molecule has 1 unspecified atom stereocenters. The molecule has 0 aliphatic carbocycles. The second kappa shape index (κ2) is 7.02. The van der Waals surface area contributed by atoms with E-state index in [0.29, 0.717) is 28.1 Å². The maximum absolute atomic E-state index is 11.1. The zero-order valence-electron chi connectivity index (χ0n) is 12.5. The Labute approximate surface area is 138 Å². The number of aromatic nitrogens is 3. The SMILES string of the molecule is COc1ccc(Cl)cc1-n1nc(CC(N)=O)nc1C(C)SC. The van der Waals surface area contributed by atoms with Gasteiger partial charge in [0.05, 0.1) is 18.8 Å². The molecule has 1 atom stereocenters. The zero-order chi connectivity index (χ0) is 16.3. The minimum absolute atomic E-state index is 0.00994. The molecule has 0 bridgehead atoms. The number of nitrogens with zero attached hydrogens (tertiary/aromatic N) is 3. The molecule has 2 N–H and O–H groups in total. The molecule has 1 heterocycles. The molecule has 1 amide bonds. The summed E-state index contributed by atoms with van der Waals surface area (Å²) in [5.74, 6) is 1.24. The summed E-state index contributed by atoms with van der Waals surface area (Å²) in [6, 6.07) is 5.25. The third-order valence-corrected chi connectivity index (χ3v) is 4.25. The Morgan fingerprint density at radius 1 is 1.55 bits per heavy atom. The molecule has 0 saturated heterocycles. The lowest BCUT2D eigenvalue weighted by atomic mass is 10.3. The zero-order valence-corrected chi connectivity index (χ0v) is 14.1.